The van der Waals surface area contributed by atoms with Crippen molar-refractivity contribution in [3.63, 3.8) is 0 Å². The summed E-state index contributed by atoms with van der Waals surface area (Å²) in [6.07, 6.45) is 2.37. The van der Waals surface area contributed by atoms with Crippen LogP contribution in [0.1, 0.15) is 32.3 Å². The third-order valence-electron chi connectivity index (χ3n) is 2.97. The smallest absolute Gasteiger partial charge is 0.237 e. The topological polar surface area (TPSA) is 75.4 Å². The van der Waals surface area contributed by atoms with Gasteiger partial charge in [-0.15, -0.1) is 0 Å². The van der Waals surface area contributed by atoms with Crippen LogP contribution in [0.25, 0.3) is 0 Å². The van der Waals surface area contributed by atoms with Gasteiger partial charge in [0.05, 0.1) is 6.04 Å². The van der Waals surface area contributed by atoms with E-state index < -0.39 is 6.04 Å². The van der Waals surface area contributed by atoms with Gasteiger partial charge in [0.1, 0.15) is 5.75 Å². The molecule has 0 aliphatic heterocycles. The number of phenols is 1. The minimum absolute atomic E-state index is 0.0873. The first kappa shape index (κ1) is 14.5. The van der Waals surface area contributed by atoms with Gasteiger partial charge in [0.15, 0.2) is 0 Å². The van der Waals surface area contributed by atoms with E-state index in [9.17, 15) is 9.90 Å². The lowest BCUT2D eigenvalue weighted by atomic mass is 10.1. The molecule has 1 unspecified atom stereocenters. The van der Waals surface area contributed by atoms with Crippen molar-refractivity contribution < 1.29 is 9.90 Å². The van der Waals surface area contributed by atoms with Gasteiger partial charge in [-0.2, -0.15) is 0 Å². The third-order valence-corrected chi connectivity index (χ3v) is 2.97. The molecule has 0 aliphatic rings. The number of amides is 1. The van der Waals surface area contributed by atoms with Crippen molar-refractivity contribution in [3.8, 4) is 5.75 Å². The molecule has 0 radical (unpaired) electrons. The Balaban J connectivity index is 2.35. The van der Waals surface area contributed by atoms with Crippen molar-refractivity contribution in [3.05, 3.63) is 29.8 Å². The highest BCUT2D eigenvalue weighted by Gasteiger charge is 2.13. The molecule has 1 amide bonds. The van der Waals surface area contributed by atoms with Crippen molar-refractivity contribution in [2.75, 3.05) is 0 Å². The first-order valence-electron chi connectivity index (χ1n) is 6.36. The van der Waals surface area contributed by atoms with Gasteiger partial charge in [0.2, 0.25) is 5.91 Å². The fourth-order valence-electron chi connectivity index (χ4n) is 1.65. The van der Waals surface area contributed by atoms with Crippen LogP contribution in [0.15, 0.2) is 24.3 Å². The molecular weight excluding hydrogens is 228 g/mol. The molecule has 18 heavy (non-hydrogen) atoms. The largest absolute Gasteiger partial charge is 0.508 e. The van der Waals surface area contributed by atoms with E-state index in [0.29, 0.717) is 6.42 Å². The highest BCUT2D eigenvalue weighted by molar-refractivity contribution is 5.81. The number of hydrogen-bond acceptors (Lipinski definition) is 3. The summed E-state index contributed by atoms with van der Waals surface area (Å²) >= 11 is 0. The van der Waals surface area contributed by atoms with Crippen LogP contribution < -0.4 is 11.1 Å². The van der Waals surface area contributed by atoms with Crippen LogP contribution in [0.4, 0.5) is 0 Å². The second-order valence-corrected chi connectivity index (χ2v) is 4.63. The fraction of sp³-hybridized carbons (Fsp3) is 0.500. The van der Waals surface area contributed by atoms with Gasteiger partial charge in [-0.1, -0.05) is 19.1 Å². The number of benzene rings is 1. The van der Waals surface area contributed by atoms with Gasteiger partial charge in [-0.25, -0.2) is 0 Å². The van der Waals surface area contributed by atoms with Gasteiger partial charge in [-0.3, -0.25) is 4.79 Å². The molecule has 2 atom stereocenters. The SMILES string of the molecule is CC[C@@H](N)C(=O)NC(C)CCc1ccc(O)cc1. The first-order chi connectivity index (χ1) is 8.52. The zero-order chi connectivity index (χ0) is 13.5. The van der Waals surface area contributed by atoms with E-state index in [1.54, 1.807) is 12.1 Å². The highest BCUT2D eigenvalue weighted by atomic mass is 16.3. The van der Waals surface area contributed by atoms with Crippen molar-refractivity contribution in [2.45, 2.75) is 45.2 Å². The molecule has 0 bridgehead atoms. The van der Waals surface area contributed by atoms with E-state index in [0.717, 1.165) is 18.4 Å². The van der Waals surface area contributed by atoms with Crippen molar-refractivity contribution in [1.29, 1.82) is 0 Å². The number of phenolic OH excluding ortho intramolecular Hbond substituents is 1. The molecule has 1 rings (SSSR count). The maximum atomic E-state index is 11.6. The van der Waals surface area contributed by atoms with Crippen LogP contribution >= 0.6 is 0 Å². The van der Waals surface area contributed by atoms with E-state index in [1.807, 2.05) is 26.0 Å². The summed E-state index contributed by atoms with van der Waals surface area (Å²) in [4.78, 5) is 11.6. The van der Waals surface area contributed by atoms with E-state index in [4.69, 9.17) is 5.73 Å². The Labute approximate surface area is 108 Å². The number of carbonyl (C=O) groups excluding carboxylic acids is 1. The quantitative estimate of drug-likeness (QED) is 0.717. The predicted molar refractivity (Wildman–Crippen MR) is 72.3 cm³/mol. The molecule has 1 aromatic carbocycles. The molecular formula is C14H22N2O2. The molecule has 0 aromatic heterocycles. The summed E-state index contributed by atoms with van der Waals surface area (Å²) in [5, 5.41) is 12.1. The molecule has 0 saturated carbocycles. The number of aromatic hydroxyl groups is 1. The first-order valence-corrected chi connectivity index (χ1v) is 6.36. The van der Waals surface area contributed by atoms with Gasteiger partial charge in [-0.05, 0) is 43.9 Å². The number of carbonyl (C=O) groups is 1. The van der Waals surface area contributed by atoms with Gasteiger partial charge in [0, 0.05) is 6.04 Å². The number of nitrogens with two attached hydrogens (primary N) is 1. The second kappa shape index (κ2) is 7.01. The summed E-state index contributed by atoms with van der Waals surface area (Å²) in [5.41, 5.74) is 6.80. The molecule has 0 spiro atoms. The zero-order valence-electron chi connectivity index (χ0n) is 11.0. The van der Waals surface area contributed by atoms with Gasteiger partial charge in [0.25, 0.3) is 0 Å². The minimum atomic E-state index is -0.416. The summed E-state index contributed by atoms with van der Waals surface area (Å²) in [5.74, 6) is 0.185. The minimum Gasteiger partial charge on any atom is -0.508 e. The number of nitrogens with one attached hydrogen (secondary N) is 1. The maximum absolute atomic E-state index is 11.6. The van der Waals surface area contributed by atoms with E-state index in [-0.39, 0.29) is 17.7 Å². The second-order valence-electron chi connectivity index (χ2n) is 4.63. The molecule has 0 aliphatic carbocycles. The van der Waals surface area contributed by atoms with Crippen LogP contribution in [0, 0.1) is 0 Å². The number of aryl methyl sites for hydroxylation is 1. The summed E-state index contributed by atoms with van der Waals surface area (Å²) in [7, 11) is 0. The number of rotatable bonds is 6. The highest BCUT2D eigenvalue weighted by Crippen LogP contribution is 2.11. The summed E-state index contributed by atoms with van der Waals surface area (Å²) in [6, 6.07) is 6.81. The average Bonchev–Trinajstić information content (AvgIpc) is 2.37. The van der Waals surface area contributed by atoms with E-state index in [1.165, 1.54) is 0 Å². The normalized spacial score (nSPS) is 13.9. The Morgan fingerprint density at radius 2 is 2.00 bits per heavy atom. The van der Waals surface area contributed by atoms with Crippen LogP contribution in [-0.4, -0.2) is 23.1 Å². The third kappa shape index (κ3) is 4.75. The Hall–Kier alpha value is -1.55. The van der Waals surface area contributed by atoms with E-state index >= 15 is 0 Å². The Bertz CT molecular complexity index is 376. The van der Waals surface area contributed by atoms with E-state index in [2.05, 4.69) is 5.32 Å². The molecule has 0 saturated heterocycles. The van der Waals surface area contributed by atoms with Crippen LogP contribution in [0.3, 0.4) is 0 Å². The fourth-order valence-corrected chi connectivity index (χ4v) is 1.65. The van der Waals surface area contributed by atoms with Crippen molar-refractivity contribution >= 4 is 5.91 Å². The lowest BCUT2D eigenvalue weighted by molar-refractivity contribution is -0.123. The average molecular weight is 250 g/mol. The molecule has 100 valence electrons. The maximum Gasteiger partial charge on any atom is 0.237 e. The molecule has 1 aromatic rings. The molecule has 4 N–H and O–H groups in total. The van der Waals surface area contributed by atoms with Crippen molar-refractivity contribution in [1.82, 2.24) is 5.32 Å². The van der Waals surface area contributed by atoms with Gasteiger partial charge < -0.3 is 16.2 Å². The molecule has 4 heteroatoms. The Kier molecular flexibility index (Phi) is 5.65. The Morgan fingerprint density at radius 1 is 1.39 bits per heavy atom. The van der Waals surface area contributed by atoms with Gasteiger partial charge >= 0.3 is 0 Å². The van der Waals surface area contributed by atoms with Crippen LogP contribution in [0.2, 0.25) is 0 Å². The summed E-state index contributed by atoms with van der Waals surface area (Å²) < 4.78 is 0. The van der Waals surface area contributed by atoms with Crippen molar-refractivity contribution in [2.24, 2.45) is 5.73 Å². The number of hydrogen-bond donors (Lipinski definition) is 3. The lowest BCUT2D eigenvalue weighted by Crippen LogP contribution is -2.44. The molecule has 0 fully saturated rings. The van der Waals surface area contributed by atoms with Crippen LogP contribution in [-0.2, 0) is 11.2 Å². The molecule has 0 heterocycles. The standard InChI is InChI=1S/C14H22N2O2/c1-3-13(15)14(18)16-10(2)4-5-11-6-8-12(17)9-7-11/h6-10,13,17H,3-5,15H2,1-2H3,(H,16,18)/t10?,13-/m1/s1. The van der Waals surface area contributed by atoms with Crippen LogP contribution in [0.5, 0.6) is 5.75 Å². The lowest BCUT2D eigenvalue weighted by Gasteiger charge is -2.16. The molecule has 4 nitrogen and oxygen atoms in total. The monoisotopic (exact) mass is 250 g/mol. The Morgan fingerprint density at radius 3 is 2.56 bits per heavy atom. The predicted octanol–water partition coefficient (Wildman–Crippen LogP) is 1.57. The summed E-state index contributed by atoms with van der Waals surface area (Å²) in [6.45, 7) is 3.87. The zero-order valence-corrected chi connectivity index (χ0v) is 11.0.